The molecule has 1 saturated heterocycles. The number of nitrogens with zero attached hydrogens (tertiary/aromatic N) is 1. The van der Waals surface area contributed by atoms with Crippen LogP contribution in [0.4, 0.5) is 10.1 Å². The van der Waals surface area contributed by atoms with Crippen LogP contribution >= 0.6 is 0 Å². The van der Waals surface area contributed by atoms with Gasteiger partial charge in [0, 0.05) is 12.5 Å². The summed E-state index contributed by atoms with van der Waals surface area (Å²) >= 11 is 0. The summed E-state index contributed by atoms with van der Waals surface area (Å²) < 4.78 is 23.4. The largest absolute Gasteiger partial charge is 0.733 e. The smallest absolute Gasteiger partial charge is 0.147 e. The molecular formula is C10H11FNO4-. The van der Waals surface area contributed by atoms with E-state index in [1.165, 1.54) is 0 Å². The fourth-order valence-electron chi connectivity index (χ4n) is 1.53. The summed E-state index contributed by atoms with van der Waals surface area (Å²) in [5.41, 5.74) is -0.117. The number of benzene rings is 1. The summed E-state index contributed by atoms with van der Waals surface area (Å²) in [4.78, 5) is 0. The van der Waals surface area contributed by atoms with Crippen molar-refractivity contribution < 1.29 is 19.1 Å². The average molecular weight is 228 g/mol. The Labute approximate surface area is 91.5 Å². The first-order chi connectivity index (χ1) is 7.66. The van der Waals surface area contributed by atoms with Crippen LogP contribution in [0, 0.1) is 11.0 Å². The lowest BCUT2D eigenvalue weighted by Gasteiger charge is -2.25. The molecule has 0 unspecified atom stereocenters. The zero-order chi connectivity index (χ0) is 11.5. The van der Waals surface area contributed by atoms with Crippen LogP contribution in [0.2, 0.25) is 0 Å². The maximum atomic E-state index is 13.0. The molecule has 1 atom stereocenters. The highest BCUT2D eigenvalue weighted by atomic mass is 19.1. The monoisotopic (exact) mass is 228 g/mol. The highest BCUT2D eigenvalue weighted by Crippen LogP contribution is 2.29. The van der Waals surface area contributed by atoms with E-state index in [1.807, 2.05) is 0 Å². The summed E-state index contributed by atoms with van der Waals surface area (Å²) in [5, 5.41) is 19.3. The molecule has 1 fully saturated rings. The summed E-state index contributed by atoms with van der Waals surface area (Å²) in [5.74, 6) is -0.507. The van der Waals surface area contributed by atoms with Crippen LogP contribution in [-0.4, -0.2) is 24.5 Å². The van der Waals surface area contributed by atoms with E-state index in [9.17, 15) is 9.60 Å². The third-order valence-electron chi connectivity index (χ3n) is 2.31. The second-order valence-electron chi connectivity index (χ2n) is 3.49. The van der Waals surface area contributed by atoms with Crippen LogP contribution in [-0.2, 0) is 4.74 Å². The molecule has 6 heteroatoms. The second kappa shape index (κ2) is 4.65. The third-order valence-corrected chi connectivity index (χ3v) is 2.31. The zero-order valence-electron chi connectivity index (χ0n) is 8.43. The predicted molar refractivity (Wildman–Crippen MR) is 53.9 cm³/mol. The summed E-state index contributed by atoms with van der Waals surface area (Å²) in [6.45, 7) is 0.982. The molecule has 0 spiro atoms. The first-order valence-electron chi connectivity index (χ1n) is 4.87. The van der Waals surface area contributed by atoms with Gasteiger partial charge in [-0.2, -0.15) is 0 Å². The molecule has 1 aromatic carbocycles. The molecule has 1 N–H and O–H groups in total. The van der Waals surface area contributed by atoms with Gasteiger partial charge in [0.1, 0.15) is 17.7 Å². The fourth-order valence-corrected chi connectivity index (χ4v) is 1.53. The predicted octanol–water partition coefficient (Wildman–Crippen LogP) is 1.69. The Bertz CT molecular complexity index is 366. The molecule has 88 valence electrons. The SMILES string of the molecule is [O-]N(O)c1ccc(F)cc1O[C@@H]1CCOC1. The van der Waals surface area contributed by atoms with Gasteiger partial charge < -0.3 is 19.9 Å². The Kier molecular flexibility index (Phi) is 3.23. The molecule has 16 heavy (non-hydrogen) atoms. The molecule has 2 rings (SSSR count). The minimum atomic E-state index is -0.528. The number of anilines is 1. The van der Waals surface area contributed by atoms with E-state index in [0.717, 1.165) is 18.2 Å². The van der Waals surface area contributed by atoms with Gasteiger partial charge in [0.15, 0.2) is 0 Å². The Morgan fingerprint density at radius 2 is 2.38 bits per heavy atom. The average Bonchev–Trinajstić information content (AvgIpc) is 2.70. The van der Waals surface area contributed by atoms with Crippen LogP contribution in [0.15, 0.2) is 18.2 Å². The van der Waals surface area contributed by atoms with Gasteiger partial charge in [0.25, 0.3) is 0 Å². The Balaban J connectivity index is 2.19. The van der Waals surface area contributed by atoms with Crippen molar-refractivity contribution in [1.82, 2.24) is 0 Å². The first kappa shape index (κ1) is 11.1. The van der Waals surface area contributed by atoms with E-state index in [0.29, 0.717) is 19.6 Å². The van der Waals surface area contributed by atoms with E-state index in [2.05, 4.69) is 0 Å². The Morgan fingerprint density at radius 3 is 3.00 bits per heavy atom. The summed E-state index contributed by atoms with van der Waals surface area (Å²) in [6, 6.07) is 3.30. The molecule has 0 saturated carbocycles. The highest BCUT2D eigenvalue weighted by Gasteiger charge is 2.19. The van der Waals surface area contributed by atoms with Gasteiger partial charge in [0.05, 0.1) is 18.9 Å². The second-order valence-corrected chi connectivity index (χ2v) is 3.49. The molecule has 0 aliphatic carbocycles. The van der Waals surface area contributed by atoms with Crippen molar-refractivity contribution >= 4 is 5.69 Å². The molecule has 0 radical (unpaired) electrons. The fraction of sp³-hybridized carbons (Fsp3) is 0.400. The molecule has 0 aromatic heterocycles. The maximum Gasteiger partial charge on any atom is 0.147 e. The molecule has 1 heterocycles. The lowest BCUT2D eigenvalue weighted by Crippen LogP contribution is -2.18. The Hall–Kier alpha value is -1.37. The quantitative estimate of drug-likeness (QED) is 0.797. The topological polar surface area (TPSA) is 65.0 Å². The van der Waals surface area contributed by atoms with Crippen molar-refractivity contribution in [3.05, 3.63) is 29.2 Å². The lowest BCUT2D eigenvalue weighted by molar-refractivity contribution is 0.140. The normalized spacial score (nSPS) is 19.8. The van der Waals surface area contributed by atoms with E-state index in [1.54, 1.807) is 0 Å². The van der Waals surface area contributed by atoms with Crippen molar-refractivity contribution in [1.29, 1.82) is 0 Å². The van der Waals surface area contributed by atoms with Crippen LogP contribution < -0.4 is 9.96 Å². The van der Waals surface area contributed by atoms with Crippen molar-refractivity contribution in [2.45, 2.75) is 12.5 Å². The number of hydrogen-bond donors (Lipinski definition) is 1. The maximum absolute atomic E-state index is 13.0. The van der Waals surface area contributed by atoms with Crippen LogP contribution in [0.1, 0.15) is 6.42 Å². The van der Waals surface area contributed by atoms with Gasteiger partial charge in [-0.05, 0) is 12.1 Å². The number of ether oxygens (including phenoxy) is 2. The van der Waals surface area contributed by atoms with Crippen molar-refractivity contribution in [3.63, 3.8) is 0 Å². The molecule has 1 aliphatic heterocycles. The first-order valence-corrected chi connectivity index (χ1v) is 4.87. The highest BCUT2D eigenvalue weighted by molar-refractivity contribution is 5.57. The van der Waals surface area contributed by atoms with Crippen molar-refractivity contribution in [3.8, 4) is 5.75 Å². The number of hydrogen-bond acceptors (Lipinski definition) is 5. The lowest BCUT2D eigenvalue weighted by atomic mass is 10.2. The molecule has 0 bridgehead atoms. The summed E-state index contributed by atoms with van der Waals surface area (Å²) in [6.07, 6.45) is 0.473. The Morgan fingerprint density at radius 1 is 1.56 bits per heavy atom. The van der Waals surface area contributed by atoms with Crippen LogP contribution in [0.25, 0.3) is 0 Å². The van der Waals surface area contributed by atoms with Crippen LogP contribution in [0.3, 0.4) is 0 Å². The number of halogens is 1. The third kappa shape index (κ3) is 2.41. The van der Waals surface area contributed by atoms with Gasteiger partial charge in [-0.25, -0.2) is 4.39 Å². The van der Waals surface area contributed by atoms with E-state index in [4.69, 9.17) is 14.7 Å². The minimum absolute atomic E-state index is 0.0213. The molecule has 1 aliphatic rings. The van der Waals surface area contributed by atoms with Gasteiger partial charge in [0.2, 0.25) is 0 Å². The van der Waals surface area contributed by atoms with Gasteiger partial charge >= 0.3 is 0 Å². The standard InChI is InChI=1S/C10H11FNO4/c11-7-1-2-9(12(13)14)10(5-7)16-8-3-4-15-6-8/h1-2,5,8,13H,3-4,6H2/q-1/t8-/m1/s1. The molecular weight excluding hydrogens is 217 g/mol. The van der Waals surface area contributed by atoms with E-state index < -0.39 is 5.82 Å². The van der Waals surface area contributed by atoms with Crippen LogP contribution in [0.5, 0.6) is 5.75 Å². The molecule has 0 amide bonds. The van der Waals surface area contributed by atoms with Gasteiger partial charge in [-0.3, -0.25) is 5.21 Å². The van der Waals surface area contributed by atoms with Gasteiger partial charge in [-0.1, -0.05) is 0 Å². The van der Waals surface area contributed by atoms with Crippen molar-refractivity contribution in [2.24, 2.45) is 0 Å². The van der Waals surface area contributed by atoms with E-state index in [-0.39, 0.29) is 22.8 Å². The minimum Gasteiger partial charge on any atom is -0.733 e. The van der Waals surface area contributed by atoms with Crippen molar-refractivity contribution in [2.75, 3.05) is 18.4 Å². The zero-order valence-corrected chi connectivity index (χ0v) is 8.43. The summed E-state index contributed by atoms with van der Waals surface area (Å²) in [7, 11) is 0. The molecule has 1 aromatic rings. The number of rotatable bonds is 3. The van der Waals surface area contributed by atoms with E-state index >= 15 is 0 Å². The molecule has 5 nitrogen and oxygen atoms in total. The van der Waals surface area contributed by atoms with Gasteiger partial charge in [-0.15, -0.1) is 0 Å².